The summed E-state index contributed by atoms with van der Waals surface area (Å²) in [6, 6.07) is 11.7. The van der Waals surface area contributed by atoms with E-state index in [1.165, 1.54) is 43.7 Å². The summed E-state index contributed by atoms with van der Waals surface area (Å²) < 4.78 is 0. The first-order valence-electron chi connectivity index (χ1n) is 16.3. The van der Waals surface area contributed by atoms with Crippen molar-refractivity contribution in [1.29, 1.82) is 0 Å². The van der Waals surface area contributed by atoms with Crippen LogP contribution in [-0.4, -0.2) is 43.4 Å². The molecule has 2 saturated carbocycles. The van der Waals surface area contributed by atoms with Crippen LogP contribution in [0.15, 0.2) is 53.3 Å². The number of hydrogen-bond acceptors (Lipinski definition) is 7. The number of aromatic hydroxyl groups is 1. The van der Waals surface area contributed by atoms with Crippen molar-refractivity contribution in [3.05, 3.63) is 70.0 Å². The number of ketones is 3. The highest BCUT2D eigenvalue weighted by Gasteiger charge is 2.72. The lowest BCUT2D eigenvalue weighted by Gasteiger charge is -2.59. The molecule has 0 aromatic heterocycles. The number of benzene rings is 2. The predicted octanol–water partition coefficient (Wildman–Crippen LogP) is 6.98. The molecule has 0 saturated heterocycles. The number of aliphatic hydroxyl groups is 3. The predicted molar refractivity (Wildman–Crippen MR) is 172 cm³/mol. The van der Waals surface area contributed by atoms with Gasteiger partial charge in [0.05, 0.1) is 5.56 Å². The van der Waals surface area contributed by atoms with Crippen LogP contribution in [-0.2, 0) is 27.2 Å². The van der Waals surface area contributed by atoms with Crippen molar-refractivity contribution in [2.75, 3.05) is 0 Å². The molecule has 0 spiro atoms. The maximum absolute atomic E-state index is 14.5. The van der Waals surface area contributed by atoms with Crippen molar-refractivity contribution in [1.82, 2.24) is 0 Å². The first-order valence-corrected chi connectivity index (χ1v) is 16.3. The van der Waals surface area contributed by atoms with E-state index in [1.54, 1.807) is 20.8 Å². The first-order chi connectivity index (χ1) is 21.2. The van der Waals surface area contributed by atoms with E-state index in [9.17, 15) is 34.8 Å². The van der Waals surface area contributed by atoms with Crippen LogP contribution in [0.1, 0.15) is 89.8 Å². The fourth-order valence-corrected chi connectivity index (χ4v) is 9.53. The van der Waals surface area contributed by atoms with E-state index in [1.807, 2.05) is 13.0 Å². The number of allylic oxidation sites excluding steroid dienone is 1. The molecule has 2 fully saturated rings. The van der Waals surface area contributed by atoms with E-state index in [0.29, 0.717) is 11.5 Å². The number of rotatable bonds is 5. The second-order valence-corrected chi connectivity index (χ2v) is 14.9. The zero-order valence-corrected chi connectivity index (χ0v) is 26.9. The summed E-state index contributed by atoms with van der Waals surface area (Å²) in [5.74, 6) is -4.49. The van der Waals surface area contributed by atoms with Gasteiger partial charge in [-0.25, -0.2) is 0 Å². The van der Waals surface area contributed by atoms with Crippen LogP contribution < -0.4 is 0 Å². The molecule has 4 atom stereocenters. The lowest BCUT2D eigenvalue weighted by molar-refractivity contribution is -0.178. The second-order valence-electron chi connectivity index (χ2n) is 14.9. The second kappa shape index (κ2) is 10.7. The Balaban J connectivity index is 1.49. The Morgan fingerprint density at radius 2 is 1.60 bits per heavy atom. The van der Waals surface area contributed by atoms with Gasteiger partial charge in [0.25, 0.3) is 0 Å². The van der Waals surface area contributed by atoms with Crippen molar-refractivity contribution in [3.8, 4) is 16.9 Å². The minimum atomic E-state index is -2.61. The normalized spacial score (nSPS) is 30.3. The van der Waals surface area contributed by atoms with Crippen molar-refractivity contribution in [3.63, 3.8) is 0 Å². The topological polar surface area (TPSA) is 132 Å². The Hall–Kier alpha value is -3.71. The molecular formula is C38H44O7. The molecule has 1 unspecified atom stereocenters. The minimum absolute atomic E-state index is 0.0698. The Morgan fingerprint density at radius 3 is 2.20 bits per heavy atom. The monoisotopic (exact) mass is 612 g/mol. The highest BCUT2D eigenvalue weighted by Crippen LogP contribution is 2.65. The highest BCUT2D eigenvalue weighted by molar-refractivity contribution is 6.24. The van der Waals surface area contributed by atoms with Gasteiger partial charge in [-0.3, -0.25) is 14.4 Å². The quantitative estimate of drug-likeness (QED) is 0.268. The van der Waals surface area contributed by atoms with Crippen molar-refractivity contribution >= 4 is 23.1 Å². The van der Waals surface area contributed by atoms with E-state index in [-0.39, 0.29) is 35.6 Å². The van der Waals surface area contributed by atoms with E-state index in [4.69, 9.17) is 0 Å². The Bertz CT molecular complexity index is 1670. The molecule has 7 nitrogen and oxygen atoms in total. The third-order valence-corrected chi connectivity index (χ3v) is 11.4. The molecule has 0 aliphatic heterocycles. The molecular weight excluding hydrogens is 568 g/mol. The summed E-state index contributed by atoms with van der Waals surface area (Å²) in [6.07, 6.45) is 7.79. The van der Waals surface area contributed by atoms with Crippen molar-refractivity contribution < 1.29 is 34.8 Å². The standard InChI is InChI=1S/C38H44O7/c1-20(2)30-32(41)28(21(3)39)34(43)38(45)35(44)31-33(42)29-26(18-36(31,4)19-37(30,38)5)25(15-16-27(29)40)24-13-11-23(12-14-24)17-22-9-7-6-8-10-22/h11-16,20,22,30,40,42-43,45H,6-10,17-19H2,1-5H3/t30?,36-,37-,38+/m1/s1. The van der Waals surface area contributed by atoms with Gasteiger partial charge in [0.15, 0.2) is 17.2 Å². The van der Waals surface area contributed by atoms with Gasteiger partial charge in [0.1, 0.15) is 22.8 Å². The van der Waals surface area contributed by atoms with Crippen molar-refractivity contribution in [2.24, 2.45) is 28.6 Å². The Labute approximate surface area is 264 Å². The third kappa shape index (κ3) is 4.44. The molecule has 0 bridgehead atoms. The van der Waals surface area contributed by atoms with Crippen LogP contribution in [0.4, 0.5) is 0 Å². The molecule has 238 valence electrons. The summed E-state index contributed by atoms with van der Waals surface area (Å²) in [4.78, 5) is 40.8. The number of phenolic OH excluding ortho intramolecular Hbond substituents is 1. The van der Waals surface area contributed by atoms with Crippen LogP contribution in [0, 0.1) is 28.6 Å². The third-order valence-electron chi connectivity index (χ3n) is 11.4. The van der Waals surface area contributed by atoms with Crippen LogP contribution in [0.25, 0.3) is 16.9 Å². The molecule has 6 rings (SSSR count). The Morgan fingerprint density at radius 1 is 0.956 bits per heavy atom. The maximum Gasteiger partial charge on any atom is 0.203 e. The summed E-state index contributed by atoms with van der Waals surface area (Å²) in [5, 5.41) is 46.4. The number of Topliss-reactive ketones (excluding diaryl/α,β-unsaturated/α-hetero) is 3. The van der Waals surface area contributed by atoms with Gasteiger partial charge < -0.3 is 20.4 Å². The molecule has 45 heavy (non-hydrogen) atoms. The molecule has 4 aliphatic carbocycles. The fraction of sp³-hybridized carbons (Fsp3) is 0.500. The Kier molecular flexibility index (Phi) is 7.43. The fourth-order valence-electron chi connectivity index (χ4n) is 9.53. The average Bonchev–Trinajstić information content (AvgIpc) is 2.96. The van der Waals surface area contributed by atoms with Gasteiger partial charge in [0.2, 0.25) is 5.78 Å². The maximum atomic E-state index is 14.5. The number of hydrogen-bond donors (Lipinski definition) is 4. The van der Waals surface area contributed by atoms with Crippen LogP contribution in [0.2, 0.25) is 0 Å². The molecule has 2 aromatic rings. The van der Waals surface area contributed by atoms with Gasteiger partial charge in [-0.15, -0.1) is 0 Å². The molecule has 7 heteroatoms. The highest BCUT2D eigenvalue weighted by atomic mass is 16.3. The minimum Gasteiger partial charge on any atom is -0.508 e. The molecule has 4 N–H and O–H groups in total. The number of fused-ring (bicyclic) bond motifs is 3. The summed E-state index contributed by atoms with van der Waals surface area (Å²) >= 11 is 0. The van der Waals surface area contributed by atoms with Crippen LogP contribution in [0.3, 0.4) is 0 Å². The summed E-state index contributed by atoms with van der Waals surface area (Å²) in [6.45, 7) is 8.18. The van der Waals surface area contributed by atoms with E-state index in [2.05, 4.69) is 24.3 Å². The lowest BCUT2D eigenvalue weighted by atomic mass is 9.43. The van der Waals surface area contributed by atoms with E-state index in [0.717, 1.165) is 24.5 Å². The zero-order valence-electron chi connectivity index (χ0n) is 26.9. The number of phenols is 1. The van der Waals surface area contributed by atoms with Gasteiger partial charge in [-0.2, -0.15) is 0 Å². The number of carbonyl (C=O) groups excluding carboxylic acids is 3. The molecule has 0 amide bonds. The molecule has 2 aromatic carbocycles. The van der Waals surface area contributed by atoms with Gasteiger partial charge in [0, 0.05) is 22.3 Å². The average molecular weight is 613 g/mol. The van der Waals surface area contributed by atoms with E-state index >= 15 is 0 Å². The number of carbonyl (C=O) groups is 3. The first kappa shape index (κ1) is 31.3. The molecule has 4 aliphatic rings. The van der Waals surface area contributed by atoms with E-state index < -0.39 is 56.8 Å². The van der Waals surface area contributed by atoms with Gasteiger partial charge in [-0.05, 0) is 66.3 Å². The summed E-state index contributed by atoms with van der Waals surface area (Å²) in [5.41, 5.74) is -2.02. The largest absolute Gasteiger partial charge is 0.508 e. The van der Waals surface area contributed by atoms with Gasteiger partial charge >= 0.3 is 0 Å². The summed E-state index contributed by atoms with van der Waals surface area (Å²) in [7, 11) is 0. The van der Waals surface area contributed by atoms with Gasteiger partial charge in [-0.1, -0.05) is 90.1 Å². The van der Waals surface area contributed by atoms with Crippen LogP contribution in [0.5, 0.6) is 5.75 Å². The number of aliphatic hydroxyl groups excluding tert-OH is 2. The zero-order chi connectivity index (χ0) is 32.6. The lowest BCUT2D eigenvalue weighted by Crippen LogP contribution is -2.69. The molecule has 0 heterocycles. The van der Waals surface area contributed by atoms with Crippen molar-refractivity contribution in [2.45, 2.75) is 91.6 Å². The van der Waals surface area contributed by atoms with Crippen LogP contribution >= 0.6 is 0 Å². The SMILES string of the molecule is CC(=O)C1=C(O)[C@]2(O)C(=O)C3=C(O)c4c(O)ccc(-c5ccc(CC6CCCCC6)cc5)c4C[C@]3(C)C[C@]2(C)C(C(C)C)C1=O. The smallest absolute Gasteiger partial charge is 0.203 e. The molecule has 0 radical (unpaired) electrons.